The zero-order valence-corrected chi connectivity index (χ0v) is 15.4. The SMILES string of the molecule is N#CSc1ccc(CN2CC[C@H](OCc3ccccc3)C2)c(C(F)(F)F)c1. The highest BCUT2D eigenvalue weighted by molar-refractivity contribution is 8.03. The van der Waals surface area contributed by atoms with Crippen molar-refractivity contribution in [1.82, 2.24) is 4.90 Å². The van der Waals surface area contributed by atoms with E-state index in [1.807, 2.05) is 40.6 Å². The van der Waals surface area contributed by atoms with Crippen molar-refractivity contribution in [2.45, 2.75) is 36.7 Å². The highest BCUT2D eigenvalue weighted by Gasteiger charge is 2.34. The molecule has 0 N–H and O–H groups in total. The first-order chi connectivity index (χ1) is 13.0. The number of rotatable bonds is 6. The molecule has 0 unspecified atom stereocenters. The second kappa shape index (κ2) is 8.79. The number of hydrogen-bond acceptors (Lipinski definition) is 4. The van der Waals surface area contributed by atoms with Gasteiger partial charge in [-0.05, 0) is 41.4 Å². The van der Waals surface area contributed by atoms with Crippen LogP contribution in [0.4, 0.5) is 13.2 Å². The van der Waals surface area contributed by atoms with Gasteiger partial charge in [-0.25, -0.2) is 0 Å². The molecule has 1 saturated heterocycles. The minimum atomic E-state index is -4.44. The molecule has 27 heavy (non-hydrogen) atoms. The smallest absolute Gasteiger partial charge is 0.372 e. The average molecular weight is 392 g/mol. The maximum Gasteiger partial charge on any atom is 0.416 e. The lowest BCUT2D eigenvalue weighted by Crippen LogP contribution is -2.24. The molecule has 7 heteroatoms. The van der Waals surface area contributed by atoms with Crippen molar-refractivity contribution in [1.29, 1.82) is 5.26 Å². The maximum absolute atomic E-state index is 13.4. The number of alkyl halides is 3. The standard InChI is InChI=1S/C20H19F3N2OS/c21-20(22,23)19-10-18(27-14-24)7-6-16(19)11-25-9-8-17(12-25)26-13-15-4-2-1-3-5-15/h1-7,10,17H,8-9,11-13H2/t17-/m0/s1. The van der Waals surface area contributed by atoms with Crippen molar-refractivity contribution < 1.29 is 17.9 Å². The lowest BCUT2D eigenvalue weighted by Gasteiger charge is -2.20. The summed E-state index contributed by atoms with van der Waals surface area (Å²) in [7, 11) is 0. The van der Waals surface area contributed by atoms with Crippen molar-refractivity contribution in [2.75, 3.05) is 13.1 Å². The summed E-state index contributed by atoms with van der Waals surface area (Å²) in [5.41, 5.74) is 0.644. The van der Waals surface area contributed by atoms with Gasteiger partial charge >= 0.3 is 6.18 Å². The van der Waals surface area contributed by atoms with Gasteiger partial charge in [-0.2, -0.15) is 18.4 Å². The van der Waals surface area contributed by atoms with Crippen LogP contribution in [0.2, 0.25) is 0 Å². The molecule has 0 amide bonds. The van der Waals surface area contributed by atoms with E-state index >= 15 is 0 Å². The van der Waals surface area contributed by atoms with Gasteiger partial charge in [0.2, 0.25) is 0 Å². The summed E-state index contributed by atoms with van der Waals surface area (Å²) < 4.78 is 46.1. The average Bonchev–Trinajstić information content (AvgIpc) is 3.09. The molecule has 1 aliphatic heterocycles. The molecule has 1 heterocycles. The maximum atomic E-state index is 13.4. The molecule has 0 aliphatic carbocycles. The van der Waals surface area contributed by atoms with E-state index in [1.54, 1.807) is 6.07 Å². The second-order valence-electron chi connectivity index (χ2n) is 6.45. The van der Waals surface area contributed by atoms with Crippen LogP contribution in [0.3, 0.4) is 0 Å². The van der Waals surface area contributed by atoms with Crippen LogP contribution in [0.15, 0.2) is 53.4 Å². The number of nitriles is 1. The van der Waals surface area contributed by atoms with E-state index in [4.69, 9.17) is 10.00 Å². The fourth-order valence-corrected chi connectivity index (χ4v) is 3.60. The van der Waals surface area contributed by atoms with Gasteiger partial charge in [0.05, 0.1) is 18.3 Å². The molecular formula is C20H19F3N2OS. The number of thioether (sulfide) groups is 1. The van der Waals surface area contributed by atoms with Gasteiger partial charge in [0.1, 0.15) is 5.40 Å². The van der Waals surface area contributed by atoms with Crippen molar-refractivity contribution >= 4 is 11.8 Å². The summed E-state index contributed by atoms with van der Waals surface area (Å²) in [4.78, 5) is 2.29. The van der Waals surface area contributed by atoms with Crippen molar-refractivity contribution in [3.8, 4) is 5.40 Å². The summed E-state index contributed by atoms with van der Waals surface area (Å²) >= 11 is 0.734. The Bertz CT molecular complexity index is 805. The van der Waals surface area contributed by atoms with E-state index in [0.29, 0.717) is 24.6 Å². The molecule has 0 aromatic heterocycles. The van der Waals surface area contributed by atoms with Gasteiger partial charge < -0.3 is 4.74 Å². The van der Waals surface area contributed by atoms with Gasteiger partial charge in [-0.15, -0.1) is 0 Å². The highest BCUT2D eigenvalue weighted by atomic mass is 32.2. The molecule has 0 saturated carbocycles. The Morgan fingerprint density at radius 1 is 1.19 bits per heavy atom. The van der Waals surface area contributed by atoms with Crippen molar-refractivity contribution in [3.63, 3.8) is 0 Å². The first-order valence-corrected chi connectivity index (χ1v) is 9.41. The Kier molecular flexibility index (Phi) is 6.42. The van der Waals surface area contributed by atoms with Crippen LogP contribution in [0, 0.1) is 10.7 Å². The van der Waals surface area contributed by atoms with Crippen LogP contribution in [-0.2, 0) is 24.1 Å². The lowest BCUT2D eigenvalue weighted by atomic mass is 10.1. The van der Waals surface area contributed by atoms with Crippen LogP contribution in [0.5, 0.6) is 0 Å². The van der Waals surface area contributed by atoms with Gasteiger partial charge in [0.25, 0.3) is 0 Å². The Labute approximate surface area is 160 Å². The molecule has 1 atom stereocenters. The van der Waals surface area contributed by atoms with Crippen LogP contribution in [0.1, 0.15) is 23.1 Å². The molecule has 0 spiro atoms. The number of hydrogen-bond donors (Lipinski definition) is 0. The van der Waals surface area contributed by atoms with Crippen LogP contribution in [-0.4, -0.2) is 24.1 Å². The topological polar surface area (TPSA) is 36.3 Å². The summed E-state index contributed by atoms with van der Waals surface area (Å²) in [6.07, 6.45) is -3.62. The number of nitrogens with zero attached hydrogens (tertiary/aromatic N) is 2. The summed E-state index contributed by atoms with van der Waals surface area (Å²) in [6.45, 7) is 2.04. The molecule has 3 rings (SSSR count). The zero-order valence-electron chi connectivity index (χ0n) is 14.6. The number of halogens is 3. The van der Waals surface area contributed by atoms with E-state index in [0.717, 1.165) is 29.8 Å². The predicted octanol–water partition coefficient (Wildman–Crippen LogP) is 5.07. The first-order valence-electron chi connectivity index (χ1n) is 8.59. The highest BCUT2D eigenvalue weighted by Crippen LogP contribution is 2.35. The molecule has 2 aromatic rings. The first kappa shape index (κ1) is 19.7. The third kappa shape index (κ3) is 5.48. The lowest BCUT2D eigenvalue weighted by molar-refractivity contribution is -0.138. The Morgan fingerprint density at radius 3 is 2.67 bits per heavy atom. The summed E-state index contributed by atoms with van der Waals surface area (Å²) in [5.74, 6) is 0. The van der Waals surface area contributed by atoms with E-state index in [-0.39, 0.29) is 18.2 Å². The molecule has 142 valence electrons. The van der Waals surface area contributed by atoms with Gasteiger partial charge in [-0.1, -0.05) is 36.4 Å². The largest absolute Gasteiger partial charge is 0.416 e. The van der Waals surface area contributed by atoms with Crippen molar-refractivity contribution in [3.05, 3.63) is 65.2 Å². The summed E-state index contributed by atoms with van der Waals surface area (Å²) in [5, 5.41) is 10.5. The number of thiocyanates is 1. The van der Waals surface area contributed by atoms with Crippen molar-refractivity contribution in [2.24, 2.45) is 0 Å². The minimum absolute atomic E-state index is 0.0213. The van der Waals surface area contributed by atoms with Crippen LogP contribution < -0.4 is 0 Å². The van der Waals surface area contributed by atoms with Crippen LogP contribution >= 0.6 is 11.8 Å². The monoisotopic (exact) mass is 392 g/mol. The van der Waals surface area contributed by atoms with Gasteiger partial charge in [-0.3, -0.25) is 4.90 Å². The third-order valence-corrected chi connectivity index (χ3v) is 5.08. The third-order valence-electron chi connectivity index (χ3n) is 4.50. The van der Waals surface area contributed by atoms with E-state index in [1.165, 1.54) is 6.07 Å². The number of likely N-dealkylation sites (tertiary alicyclic amines) is 1. The number of benzene rings is 2. The normalized spacial score (nSPS) is 17.8. The Morgan fingerprint density at radius 2 is 1.96 bits per heavy atom. The van der Waals surface area contributed by atoms with E-state index < -0.39 is 11.7 Å². The van der Waals surface area contributed by atoms with E-state index in [9.17, 15) is 13.2 Å². The molecular weight excluding hydrogens is 373 g/mol. The van der Waals surface area contributed by atoms with Gasteiger partial charge in [0.15, 0.2) is 0 Å². The fourth-order valence-electron chi connectivity index (χ4n) is 3.18. The Hall–Kier alpha value is -2.01. The van der Waals surface area contributed by atoms with E-state index in [2.05, 4.69) is 0 Å². The summed E-state index contributed by atoms with van der Waals surface area (Å²) in [6, 6.07) is 13.9. The molecule has 0 radical (unpaired) electrons. The molecule has 0 bridgehead atoms. The molecule has 3 nitrogen and oxygen atoms in total. The quantitative estimate of drug-likeness (QED) is 0.508. The Balaban J connectivity index is 1.61. The fraction of sp³-hybridized carbons (Fsp3) is 0.350. The zero-order chi connectivity index (χ0) is 19.3. The molecule has 2 aromatic carbocycles. The number of ether oxygens (including phenoxy) is 1. The molecule has 1 fully saturated rings. The van der Waals surface area contributed by atoms with Crippen LogP contribution in [0.25, 0.3) is 0 Å². The van der Waals surface area contributed by atoms with Gasteiger partial charge in [0, 0.05) is 24.5 Å². The minimum Gasteiger partial charge on any atom is -0.372 e. The predicted molar refractivity (Wildman–Crippen MR) is 97.8 cm³/mol. The second-order valence-corrected chi connectivity index (χ2v) is 7.31. The molecule has 1 aliphatic rings.